The van der Waals surface area contributed by atoms with Crippen molar-refractivity contribution in [3.8, 4) is 0 Å². The molecule has 0 radical (unpaired) electrons. The van der Waals surface area contributed by atoms with Crippen LogP contribution in [0.5, 0.6) is 0 Å². The van der Waals surface area contributed by atoms with Crippen LogP contribution in [0, 0.1) is 0 Å². The average Bonchev–Trinajstić information content (AvgIpc) is 2.87. The van der Waals surface area contributed by atoms with Gasteiger partial charge in [0.05, 0.1) is 12.7 Å². The number of nitrogens with zero attached hydrogens (tertiary/aromatic N) is 2. The van der Waals surface area contributed by atoms with Gasteiger partial charge >= 0.3 is 0 Å². The molecule has 2 fully saturated rings. The summed E-state index contributed by atoms with van der Waals surface area (Å²) in [7, 11) is 0. The van der Waals surface area contributed by atoms with Gasteiger partial charge in [-0.25, -0.2) is 0 Å². The molecule has 0 spiro atoms. The molecule has 1 aromatic rings. The molecule has 18 heavy (non-hydrogen) atoms. The summed E-state index contributed by atoms with van der Waals surface area (Å²) in [6.07, 6.45) is 7.27. The van der Waals surface area contributed by atoms with E-state index in [1.54, 1.807) is 0 Å². The quantitative estimate of drug-likeness (QED) is 0.859. The molecule has 0 amide bonds. The number of morpholine rings is 1. The Balaban J connectivity index is 1.58. The van der Waals surface area contributed by atoms with Crippen molar-refractivity contribution >= 4 is 0 Å². The highest BCUT2D eigenvalue weighted by Crippen LogP contribution is 2.24. The first kappa shape index (κ1) is 12.1. The Bertz CT molecular complexity index is 384. The summed E-state index contributed by atoms with van der Waals surface area (Å²) in [5.41, 5.74) is 7.53. The summed E-state index contributed by atoms with van der Waals surface area (Å²) < 4.78 is 5.94. The smallest absolute Gasteiger partial charge is 0.0856 e. The summed E-state index contributed by atoms with van der Waals surface area (Å²) in [5.74, 6) is 0. The van der Waals surface area contributed by atoms with Crippen molar-refractivity contribution in [1.29, 1.82) is 0 Å². The lowest BCUT2D eigenvalue weighted by molar-refractivity contribution is -0.0589. The zero-order valence-corrected chi connectivity index (χ0v) is 10.7. The normalized spacial score (nSPS) is 30.1. The maximum absolute atomic E-state index is 6.29. The third-order valence-electron chi connectivity index (χ3n) is 4.11. The van der Waals surface area contributed by atoms with Crippen molar-refractivity contribution in [3.63, 3.8) is 0 Å². The Hall–Kier alpha value is -0.970. The fraction of sp³-hybridized carbons (Fsp3) is 0.643. The molecule has 2 N–H and O–H groups in total. The van der Waals surface area contributed by atoms with Crippen LogP contribution in [-0.4, -0.2) is 47.8 Å². The Morgan fingerprint density at radius 3 is 3.11 bits per heavy atom. The van der Waals surface area contributed by atoms with E-state index in [1.165, 1.54) is 24.9 Å². The van der Waals surface area contributed by atoms with Gasteiger partial charge < -0.3 is 10.5 Å². The minimum Gasteiger partial charge on any atom is -0.374 e. The number of fused-ring (bicyclic) bond motifs is 1. The topological polar surface area (TPSA) is 51.4 Å². The van der Waals surface area contributed by atoms with E-state index in [4.69, 9.17) is 10.5 Å². The van der Waals surface area contributed by atoms with E-state index >= 15 is 0 Å². The minimum atomic E-state index is 0.0777. The number of ether oxygens (including phenoxy) is 1. The summed E-state index contributed by atoms with van der Waals surface area (Å²) >= 11 is 0. The van der Waals surface area contributed by atoms with Crippen molar-refractivity contribution in [2.24, 2.45) is 5.73 Å². The first-order chi connectivity index (χ1) is 8.83. The Morgan fingerprint density at radius 2 is 2.28 bits per heavy atom. The fourth-order valence-corrected chi connectivity index (χ4v) is 3.02. The number of hydrogen-bond acceptors (Lipinski definition) is 4. The van der Waals surface area contributed by atoms with Crippen molar-refractivity contribution in [3.05, 3.63) is 30.1 Å². The molecule has 0 aromatic carbocycles. The first-order valence-electron chi connectivity index (χ1n) is 6.83. The van der Waals surface area contributed by atoms with Gasteiger partial charge in [0.2, 0.25) is 0 Å². The molecule has 2 aliphatic rings. The SMILES string of the molecule is NC(Cc1ccncc1)C1CN2CCCC2CO1. The molecule has 2 saturated heterocycles. The van der Waals surface area contributed by atoms with Gasteiger partial charge in [0.25, 0.3) is 0 Å². The molecule has 4 heteroatoms. The zero-order chi connectivity index (χ0) is 12.4. The third kappa shape index (κ3) is 2.55. The highest BCUT2D eigenvalue weighted by atomic mass is 16.5. The Kier molecular flexibility index (Phi) is 3.59. The Labute approximate surface area is 108 Å². The predicted molar refractivity (Wildman–Crippen MR) is 70.3 cm³/mol. The Morgan fingerprint density at radius 1 is 1.44 bits per heavy atom. The second-order valence-electron chi connectivity index (χ2n) is 5.39. The molecule has 0 saturated carbocycles. The molecule has 0 bridgehead atoms. The van der Waals surface area contributed by atoms with Crippen LogP contribution >= 0.6 is 0 Å². The van der Waals surface area contributed by atoms with E-state index < -0.39 is 0 Å². The lowest BCUT2D eigenvalue weighted by atomic mass is 10.0. The van der Waals surface area contributed by atoms with Gasteiger partial charge in [0, 0.05) is 31.0 Å². The molecule has 3 heterocycles. The average molecular weight is 247 g/mol. The lowest BCUT2D eigenvalue weighted by Crippen LogP contribution is -2.53. The zero-order valence-electron chi connectivity index (χ0n) is 10.7. The maximum atomic E-state index is 6.29. The third-order valence-corrected chi connectivity index (χ3v) is 4.11. The van der Waals surface area contributed by atoms with Crippen LogP contribution in [0.1, 0.15) is 18.4 Å². The van der Waals surface area contributed by atoms with Crippen LogP contribution < -0.4 is 5.73 Å². The van der Waals surface area contributed by atoms with Gasteiger partial charge in [-0.2, -0.15) is 0 Å². The second kappa shape index (κ2) is 5.34. The van der Waals surface area contributed by atoms with Gasteiger partial charge in [-0.1, -0.05) is 0 Å². The second-order valence-corrected chi connectivity index (χ2v) is 5.39. The molecule has 4 nitrogen and oxygen atoms in total. The molecular weight excluding hydrogens is 226 g/mol. The highest BCUT2D eigenvalue weighted by molar-refractivity contribution is 5.12. The van der Waals surface area contributed by atoms with E-state index in [0.29, 0.717) is 6.04 Å². The van der Waals surface area contributed by atoms with E-state index in [9.17, 15) is 0 Å². The molecular formula is C14H21N3O. The number of aromatic nitrogens is 1. The fourth-order valence-electron chi connectivity index (χ4n) is 3.02. The van der Waals surface area contributed by atoms with Crippen LogP contribution in [0.2, 0.25) is 0 Å². The highest BCUT2D eigenvalue weighted by Gasteiger charge is 2.34. The van der Waals surface area contributed by atoms with E-state index in [-0.39, 0.29) is 12.1 Å². The number of nitrogens with two attached hydrogens (primary N) is 1. The molecule has 3 unspecified atom stereocenters. The number of rotatable bonds is 3. The summed E-state index contributed by atoms with van der Waals surface area (Å²) in [4.78, 5) is 6.57. The largest absolute Gasteiger partial charge is 0.374 e. The van der Waals surface area contributed by atoms with Gasteiger partial charge in [-0.05, 0) is 43.5 Å². The molecule has 3 rings (SSSR count). The minimum absolute atomic E-state index is 0.0777. The molecule has 98 valence electrons. The van der Waals surface area contributed by atoms with E-state index in [1.807, 2.05) is 24.5 Å². The van der Waals surface area contributed by atoms with Crippen LogP contribution in [0.3, 0.4) is 0 Å². The maximum Gasteiger partial charge on any atom is 0.0856 e. The molecule has 3 atom stereocenters. The van der Waals surface area contributed by atoms with Crippen LogP contribution in [-0.2, 0) is 11.2 Å². The van der Waals surface area contributed by atoms with Crippen molar-refractivity contribution in [2.45, 2.75) is 37.5 Å². The lowest BCUT2D eigenvalue weighted by Gasteiger charge is -2.37. The van der Waals surface area contributed by atoms with Crippen LogP contribution in [0.25, 0.3) is 0 Å². The van der Waals surface area contributed by atoms with Crippen molar-refractivity contribution in [2.75, 3.05) is 19.7 Å². The molecule has 2 aliphatic heterocycles. The summed E-state index contributed by atoms with van der Waals surface area (Å²) in [6, 6.07) is 4.78. The van der Waals surface area contributed by atoms with Gasteiger partial charge in [-0.15, -0.1) is 0 Å². The summed E-state index contributed by atoms with van der Waals surface area (Å²) in [5, 5.41) is 0. The predicted octanol–water partition coefficient (Wildman–Crippen LogP) is 0.815. The standard InChI is InChI=1S/C14H21N3O/c15-13(8-11-3-5-16-6-4-11)14-9-17-7-1-2-12(17)10-18-14/h3-6,12-14H,1-2,7-10,15H2. The van der Waals surface area contributed by atoms with Gasteiger partial charge in [-0.3, -0.25) is 9.88 Å². The monoisotopic (exact) mass is 247 g/mol. The summed E-state index contributed by atoms with van der Waals surface area (Å²) in [6.45, 7) is 3.07. The number of pyridine rings is 1. The molecule has 0 aliphatic carbocycles. The van der Waals surface area contributed by atoms with Crippen molar-refractivity contribution in [1.82, 2.24) is 9.88 Å². The van der Waals surface area contributed by atoms with Crippen molar-refractivity contribution < 1.29 is 4.74 Å². The van der Waals surface area contributed by atoms with Gasteiger partial charge in [0.1, 0.15) is 0 Å². The molecule has 1 aromatic heterocycles. The van der Waals surface area contributed by atoms with E-state index in [0.717, 1.165) is 19.6 Å². The van der Waals surface area contributed by atoms with Crippen LogP contribution in [0.15, 0.2) is 24.5 Å². The van der Waals surface area contributed by atoms with Gasteiger partial charge in [0.15, 0.2) is 0 Å². The van der Waals surface area contributed by atoms with E-state index in [2.05, 4.69) is 9.88 Å². The number of hydrogen-bond donors (Lipinski definition) is 1. The van der Waals surface area contributed by atoms with Crippen LogP contribution in [0.4, 0.5) is 0 Å². The first-order valence-corrected chi connectivity index (χ1v) is 6.83.